The molecule has 1 atom stereocenters. The van der Waals surface area contributed by atoms with Crippen molar-refractivity contribution in [2.24, 2.45) is 5.41 Å². The van der Waals surface area contributed by atoms with Crippen LogP contribution in [0.1, 0.15) is 19.3 Å². The molecule has 6 heteroatoms. The summed E-state index contributed by atoms with van der Waals surface area (Å²) in [6.07, 6.45) is 1.99. The van der Waals surface area contributed by atoms with Crippen molar-refractivity contribution < 1.29 is 14.7 Å². The molecule has 5 fully saturated rings. The number of urea groups is 1. The monoisotopic (exact) mass is 251 g/mol. The molecule has 18 heavy (non-hydrogen) atoms. The first-order valence-electron chi connectivity index (χ1n) is 6.59. The Morgan fingerprint density at radius 2 is 2.11 bits per heavy atom. The number of piperazine rings is 1. The van der Waals surface area contributed by atoms with Gasteiger partial charge in [0.25, 0.3) is 0 Å². The highest BCUT2D eigenvalue weighted by Crippen LogP contribution is 2.70. The van der Waals surface area contributed by atoms with Crippen molar-refractivity contribution in [2.45, 2.75) is 30.8 Å². The summed E-state index contributed by atoms with van der Waals surface area (Å²) in [6, 6.07) is 0.404. The molecule has 3 saturated carbocycles. The molecule has 0 spiro atoms. The summed E-state index contributed by atoms with van der Waals surface area (Å²) in [7, 11) is 0. The molecule has 0 aromatic rings. The number of amides is 2. The lowest BCUT2D eigenvalue weighted by Gasteiger charge is -2.70. The maximum absolute atomic E-state index is 12.4. The fourth-order valence-electron chi connectivity index (χ4n) is 4.26. The number of rotatable bonds is 2. The molecule has 2 saturated heterocycles. The van der Waals surface area contributed by atoms with Crippen LogP contribution in [0.25, 0.3) is 0 Å². The van der Waals surface area contributed by atoms with Gasteiger partial charge in [0.1, 0.15) is 0 Å². The van der Waals surface area contributed by atoms with Crippen LogP contribution >= 0.6 is 0 Å². The average Bonchev–Trinajstić information content (AvgIpc) is 2.53. The van der Waals surface area contributed by atoms with Gasteiger partial charge in [-0.25, -0.2) is 4.79 Å². The van der Waals surface area contributed by atoms with Crippen molar-refractivity contribution in [1.82, 2.24) is 15.1 Å². The van der Waals surface area contributed by atoms with Gasteiger partial charge >= 0.3 is 12.0 Å². The Balaban J connectivity index is 1.52. The standard InChI is InChI=1S/C12H17N3O3/c16-9(17)11-5-12(6-11,7-11)15-4-8-3-13-1-2-14(8)10(15)18/h8,13H,1-7H2,(H,16,17). The Morgan fingerprint density at radius 1 is 1.39 bits per heavy atom. The van der Waals surface area contributed by atoms with E-state index in [4.69, 9.17) is 5.11 Å². The van der Waals surface area contributed by atoms with Gasteiger partial charge in [-0.1, -0.05) is 0 Å². The minimum Gasteiger partial charge on any atom is -0.481 e. The summed E-state index contributed by atoms with van der Waals surface area (Å²) in [5, 5.41) is 12.4. The molecule has 3 aliphatic carbocycles. The van der Waals surface area contributed by atoms with Crippen LogP contribution in [0.5, 0.6) is 0 Å². The molecule has 6 nitrogen and oxygen atoms in total. The second-order valence-corrected chi connectivity index (χ2v) is 6.28. The smallest absolute Gasteiger partial charge is 0.320 e. The number of carbonyl (C=O) groups excluding carboxylic acids is 1. The van der Waals surface area contributed by atoms with E-state index in [0.717, 1.165) is 26.2 Å². The lowest BCUT2D eigenvalue weighted by Crippen LogP contribution is -2.77. The second-order valence-electron chi connectivity index (χ2n) is 6.28. The molecule has 0 aromatic carbocycles. The van der Waals surface area contributed by atoms with Crippen molar-refractivity contribution in [3.63, 3.8) is 0 Å². The van der Waals surface area contributed by atoms with Crippen LogP contribution < -0.4 is 5.32 Å². The Bertz CT molecular complexity index is 430. The van der Waals surface area contributed by atoms with Gasteiger partial charge in [-0.3, -0.25) is 4.79 Å². The Labute approximate surface area is 105 Å². The summed E-state index contributed by atoms with van der Waals surface area (Å²) in [6.45, 7) is 3.27. The lowest BCUT2D eigenvalue weighted by atomic mass is 9.39. The van der Waals surface area contributed by atoms with E-state index in [1.165, 1.54) is 0 Å². The highest BCUT2D eigenvalue weighted by atomic mass is 16.4. The minimum absolute atomic E-state index is 0.118. The molecular formula is C12H17N3O3. The molecule has 5 rings (SSSR count). The molecule has 0 aromatic heterocycles. The SMILES string of the molecule is O=C1N2CCNCC2CN1C12CC(C(=O)O)(C1)C2. The van der Waals surface area contributed by atoms with E-state index >= 15 is 0 Å². The predicted octanol–water partition coefficient (Wildman–Crippen LogP) is -0.297. The molecule has 5 aliphatic rings. The first-order chi connectivity index (χ1) is 8.56. The van der Waals surface area contributed by atoms with Crippen molar-refractivity contribution in [2.75, 3.05) is 26.2 Å². The van der Waals surface area contributed by atoms with E-state index in [0.29, 0.717) is 19.3 Å². The fraction of sp³-hybridized carbons (Fsp3) is 0.833. The third-order valence-corrected chi connectivity index (χ3v) is 5.25. The lowest BCUT2D eigenvalue weighted by molar-refractivity contribution is -0.219. The zero-order valence-electron chi connectivity index (χ0n) is 10.2. The van der Waals surface area contributed by atoms with Crippen LogP contribution in [-0.2, 0) is 4.79 Å². The first-order valence-corrected chi connectivity index (χ1v) is 6.59. The Morgan fingerprint density at radius 3 is 2.72 bits per heavy atom. The molecule has 2 N–H and O–H groups in total. The number of hydrogen-bond donors (Lipinski definition) is 2. The Kier molecular flexibility index (Phi) is 1.76. The molecule has 1 unspecified atom stereocenters. The van der Waals surface area contributed by atoms with Gasteiger partial charge in [0, 0.05) is 31.7 Å². The van der Waals surface area contributed by atoms with Crippen LogP contribution in [-0.4, -0.2) is 64.7 Å². The number of nitrogens with zero attached hydrogens (tertiary/aromatic N) is 2. The Hall–Kier alpha value is -1.30. The van der Waals surface area contributed by atoms with E-state index in [-0.39, 0.29) is 17.6 Å². The second kappa shape index (κ2) is 2.99. The number of hydrogen-bond acceptors (Lipinski definition) is 3. The van der Waals surface area contributed by atoms with Crippen LogP contribution in [0.3, 0.4) is 0 Å². The number of carboxylic acid groups (broad SMARTS) is 1. The van der Waals surface area contributed by atoms with Crippen LogP contribution in [0.4, 0.5) is 4.79 Å². The number of fused-ring (bicyclic) bond motifs is 1. The third-order valence-electron chi connectivity index (χ3n) is 5.25. The number of aliphatic carboxylic acids is 1. The van der Waals surface area contributed by atoms with Gasteiger partial charge in [-0.15, -0.1) is 0 Å². The van der Waals surface area contributed by atoms with Gasteiger partial charge in [0.2, 0.25) is 0 Å². The topological polar surface area (TPSA) is 72.9 Å². The van der Waals surface area contributed by atoms with E-state index in [1.54, 1.807) is 0 Å². The minimum atomic E-state index is -0.685. The molecular weight excluding hydrogens is 234 g/mol. The van der Waals surface area contributed by atoms with Crippen molar-refractivity contribution >= 4 is 12.0 Å². The first kappa shape index (κ1) is 10.6. The normalized spacial score (nSPS) is 45.3. The summed E-state index contributed by atoms with van der Waals surface area (Å²) < 4.78 is 0. The van der Waals surface area contributed by atoms with Gasteiger partial charge in [0.15, 0.2) is 0 Å². The van der Waals surface area contributed by atoms with E-state index in [1.807, 2.05) is 9.80 Å². The number of carboxylic acids is 1. The predicted molar refractivity (Wildman–Crippen MR) is 62.1 cm³/mol. The van der Waals surface area contributed by atoms with Crippen molar-refractivity contribution in [3.05, 3.63) is 0 Å². The number of nitrogens with one attached hydrogen (secondary N) is 1. The largest absolute Gasteiger partial charge is 0.481 e. The average molecular weight is 251 g/mol. The molecule has 2 bridgehead atoms. The van der Waals surface area contributed by atoms with Gasteiger partial charge in [-0.2, -0.15) is 0 Å². The van der Waals surface area contributed by atoms with Gasteiger partial charge in [0.05, 0.1) is 11.5 Å². The van der Waals surface area contributed by atoms with Crippen molar-refractivity contribution in [1.29, 1.82) is 0 Å². The number of carbonyl (C=O) groups is 2. The van der Waals surface area contributed by atoms with E-state index in [9.17, 15) is 9.59 Å². The van der Waals surface area contributed by atoms with Crippen LogP contribution in [0.2, 0.25) is 0 Å². The maximum Gasteiger partial charge on any atom is 0.320 e. The molecule has 2 amide bonds. The van der Waals surface area contributed by atoms with E-state index < -0.39 is 11.4 Å². The zero-order valence-corrected chi connectivity index (χ0v) is 10.2. The van der Waals surface area contributed by atoms with Crippen LogP contribution in [0, 0.1) is 5.41 Å². The quantitative estimate of drug-likeness (QED) is 0.707. The summed E-state index contributed by atoms with van der Waals surface area (Å²) in [5.41, 5.74) is -0.617. The zero-order chi connectivity index (χ0) is 12.5. The molecule has 0 radical (unpaired) electrons. The van der Waals surface area contributed by atoms with E-state index in [2.05, 4.69) is 5.32 Å². The van der Waals surface area contributed by atoms with Crippen molar-refractivity contribution in [3.8, 4) is 0 Å². The highest BCUT2D eigenvalue weighted by molar-refractivity contribution is 5.84. The highest BCUT2D eigenvalue weighted by Gasteiger charge is 2.76. The summed E-state index contributed by atoms with van der Waals surface area (Å²) in [4.78, 5) is 27.4. The maximum atomic E-state index is 12.4. The summed E-state index contributed by atoms with van der Waals surface area (Å²) >= 11 is 0. The molecule has 98 valence electrons. The summed E-state index contributed by atoms with van der Waals surface area (Å²) in [5.74, 6) is -0.685. The van der Waals surface area contributed by atoms with Gasteiger partial charge < -0.3 is 20.2 Å². The van der Waals surface area contributed by atoms with Crippen LogP contribution in [0.15, 0.2) is 0 Å². The molecule has 2 aliphatic heterocycles. The molecule has 2 heterocycles. The van der Waals surface area contributed by atoms with Gasteiger partial charge in [-0.05, 0) is 19.3 Å². The third kappa shape index (κ3) is 1.03. The fourth-order valence-corrected chi connectivity index (χ4v) is 4.26.